The molecule has 3 rings (SSSR count). The number of hydrogen-bond acceptors (Lipinski definition) is 2. The summed E-state index contributed by atoms with van der Waals surface area (Å²) in [6, 6.07) is 7.85. The highest BCUT2D eigenvalue weighted by atomic mass is 16.4. The van der Waals surface area contributed by atoms with Crippen molar-refractivity contribution in [2.24, 2.45) is 12.8 Å². The second kappa shape index (κ2) is 3.59. The van der Waals surface area contributed by atoms with Crippen molar-refractivity contribution in [1.82, 2.24) is 4.57 Å². The summed E-state index contributed by atoms with van der Waals surface area (Å²) in [5.74, 6) is -0.766. The Morgan fingerprint density at radius 2 is 2.17 bits per heavy atom. The van der Waals surface area contributed by atoms with E-state index in [9.17, 15) is 9.90 Å². The number of nitrogens with two attached hydrogens (primary N) is 1. The van der Waals surface area contributed by atoms with Crippen LogP contribution in [0.5, 0.6) is 0 Å². The summed E-state index contributed by atoms with van der Waals surface area (Å²) in [6.07, 6.45) is 3.00. The van der Waals surface area contributed by atoms with E-state index in [1.54, 1.807) is 0 Å². The number of rotatable bonds is 2. The zero-order chi connectivity index (χ0) is 12.9. The van der Waals surface area contributed by atoms with Crippen LogP contribution in [0.1, 0.15) is 18.4 Å². The lowest BCUT2D eigenvalue weighted by atomic mass is 9.61. The van der Waals surface area contributed by atoms with Gasteiger partial charge in [-0.25, -0.2) is 0 Å². The molecule has 0 spiro atoms. The standard InChI is InChI=1S/C14H16N2O2/c1-16-6-5-9-3-2-4-11(12(9)16)14(13(17)18)7-10(15)8-14/h2-6,10H,7-8,15H2,1H3,(H,17,18). The topological polar surface area (TPSA) is 68.2 Å². The molecule has 0 atom stereocenters. The second-order valence-electron chi connectivity index (χ2n) is 5.23. The fourth-order valence-corrected chi connectivity index (χ4v) is 3.09. The predicted molar refractivity (Wildman–Crippen MR) is 69.4 cm³/mol. The number of aliphatic carboxylic acids is 1. The molecule has 0 bridgehead atoms. The van der Waals surface area contributed by atoms with Crippen LogP contribution in [0, 0.1) is 0 Å². The molecule has 0 radical (unpaired) electrons. The van der Waals surface area contributed by atoms with Crippen molar-refractivity contribution in [3.8, 4) is 0 Å². The van der Waals surface area contributed by atoms with E-state index in [1.165, 1.54) is 0 Å². The fourth-order valence-electron chi connectivity index (χ4n) is 3.09. The van der Waals surface area contributed by atoms with Gasteiger partial charge in [0.2, 0.25) is 0 Å². The van der Waals surface area contributed by atoms with Crippen molar-refractivity contribution in [2.75, 3.05) is 0 Å². The number of benzene rings is 1. The Balaban J connectivity index is 2.25. The van der Waals surface area contributed by atoms with Gasteiger partial charge in [-0.05, 0) is 29.9 Å². The van der Waals surface area contributed by atoms with Crippen molar-refractivity contribution >= 4 is 16.9 Å². The molecule has 1 aliphatic rings. The molecule has 4 heteroatoms. The number of hydrogen-bond donors (Lipinski definition) is 2. The molecule has 1 saturated carbocycles. The van der Waals surface area contributed by atoms with E-state index >= 15 is 0 Å². The van der Waals surface area contributed by atoms with E-state index in [-0.39, 0.29) is 6.04 Å². The van der Waals surface area contributed by atoms with E-state index in [1.807, 2.05) is 42.1 Å². The van der Waals surface area contributed by atoms with Crippen LogP contribution in [-0.2, 0) is 17.3 Å². The normalized spacial score (nSPS) is 27.1. The quantitative estimate of drug-likeness (QED) is 0.843. The molecule has 1 aliphatic carbocycles. The SMILES string of the molecule is Cn1ccc2cccc(C3(C(=O)O)CC(N)C3)c21. The lowest BCUT2D eigenvalue weighted by Gasteiger charge is -2.43. The van der Waals surface area contributed by atoms with Gasteiger partial charge in [-0.2, -0.15) is 0 Å². The van der Waals surface area contributed by atoms with Gasteiger partial charge in [0.15, 0.2) is 0 Å². The first-order chi connectivity index (χ1) is 8.54. The summed E-state index contributed by atoms with van der Waals surface area (Å²) < 4.78 is 1.99. The Morgan fingerprint density at radius 3 is 2.78 bits per heavy atom. The zero-order valence-electron chi connectivity index (χ0n) is 10.3. The van der Waals surface area contributed by atoms with Crippen LogP contribution in [0.25, 0.3) is 10.9 Å². The monoisotopic (exact) mass is 244 g/mol. The number of carbonyl (C=O) groups is 1. The summed E-state index contributed by atoms with van der Waals surface area (Å²) in [5, 5.41) is 10.7. The average Bonchev–Trinajstić information content (AvgIpc) is 2.67. The molecule has 2 aromatic rings. The summed E-state index contributed by atoms with van der Waals surface area (Å²) in [7, 11) is 1.94. The maximum atomic E-state index is 11.7. The van der Waals surface area contributed by atoms with Gasteiger partial charge in [0.25, 0.3) is 0 Å². The number of aromatic nitrogens is 1. The predicted octanol–water partition coefficient (Wildman–Crippen LogP) is 1.62. The van der Waals surface area contributed by atoms with Gasteiger partial charge >= 0.3 is 5.97 Å². The highest BCUT2D eigenvalue weighted by Crippen LogP contribution is 2.45. The molecule has 94 valence electrons. The van der Waals surface area contributed by atoms with Crippen molar-refractivity contribution in [3.05, 3.63) is 36.0 Å². The lowest BCUT2D eigenvalue weighted by Crippen LogP contribution is -2.54. The molecule has 0 unspecified atom stereocenters. The van der Waals surface area contributed by atoms with Crippen LogP contribution < -0.4 is 5.73 Å². The third kappa shape index (κ3) is 1.32. The van der Waals surface area contributed by atoms with E-state index in [0.717, 1.165) is 16.5 Å². The Kier molecular flexibility index (Phi) is 2.25. The molecule has 4 nitrogen and oxygen atoms in total. The molecular formula is C14H16N2O2. The molecule has 1 fully saturated rings. The summed E-state index contributed by atoms with van der Waals surface area (Å²) in [6.45, 7) is 0. The first-order valence-corrected chi connectivity index (χ1v) is 6.08. The van der Waals surface area contributed by atoms with Crippen molar-refractivity contribution in [3.63, 3.8) is 0 Å². The minimum absolute atomic E-state index is 0.00313. The van der Waals surface area contributed by atoms with E-state index in [0.29, 0.717) is 12.8 Å². The molecular weight excluding hydrogens is 228 g/mol. The van der Waals surface area contributed by atoms with Gasteiger partial charge in [0.1, 0.15) is 0 Å². The maximum Gasteiger partial charge on any atom is 0.314 e. The van der Waals surface area contributed by atoms with Crippen LogP contribution in [0.3, 0.4) is 0 Å². The second-order valence-corrected chi connectivity index (χ2v) is 5.23. The van der Waals surface area contributed by atoms with Crippen molar-refractivity contribution in [1.29, 1.82) is 0 Å². The Bertz CT molecular complexity index is 624. The molecule has 1 aromatic heterocycles. The number of para-hydroxylation sites is 1. The molecule has 0 saturated heterocycles. The number of aryl methyl sites for hydroxylation is 1. The Morgan fingerprint density at radius 1 is 1.44 bits per heavy atom. The highest BCUT2D eigenvalue weighted by Gasteiger charge is 2.51. The number of nitrogens with zero attached hydrogens (tertiary/aromatic N) is 1. The van der Waals surface area contributed by atoms with Gasteiger partial charge in [-0.3, -0.25) is 4.79 Å². The highest BCUT2D eigenvalue weighted by molar-refractivity contribution is 5.92. The van der Waals surface area contributed by atoms with Crippen LogP contribution in [0.2, 0.25) is 0 Å². The van der Waals surface area contributed by atoms with Crippen molar-refractivity contribution in [2.45, 2.75) is 24.3 Å². The van der Waals surface area contributed by atoms with E-state index in [4.69, 9.17) is 5.73 Å². The number of fused-ring (bicyclic) bond motifs is 1. The van der Waals surface area contributed by atoms with E-state index < -0.39 is 11.4 Å². The number of carboxylic acids is 1. The molecule has 18 heavy (non-hydrogen) atoms. The third-order valence-electron chi connectivity index (χ3n) is 4.04. The van der Waals surface area contributed by atoms with Crippen LogP contribution in [0.4, 0.5) is 0 Å². The number of carboxylic acid groups (broad SMARTS) is 1. The largest absolute Gasteiger partial charge is 0.481 e. The van der Waals surface area contributed by atoms with Crippen LogP contribution >= 0.6 is 0 Å². The molecule has 0 aliphatic heterocycles. The minimum atomic E-state index is -0.801. The van der Waals surface area contributed by atoms with Gasteiger partial charge in [0.05, 0.1) is 10.9 Å². The van der Waals surface area contributed by atoms with Crippen LogP contribution in [0.15, 0.2) is 30.5 Å². The first-order valence-electron chi connectivity index (χ1n) is 6.08. The molecule has 1 heterocycles. The minimum Gasteiger partial charge on any atom is -0.481 e. The molecule has 3 N–H and O–H groups in total. The average molecular weight is 244 g/mol. The van der Waals surface area contributed by atoms with Crippen LogP contribution in [-0.4, -0.2) is 21.7 Å². The summed E-state index contributed by atoms with van der Waals surface area (Å²) >= 11 is 0. The first kappa shape index (κ1) is 11.3. The summed E-state index contributed by atoms with van der Waals surface area (Å²) in [5.41, 5.74) is 6.91. The van der Waals surface area contributed by atoms with E-state index in [2.05, 4.69) is 0 Å². The Hall–Kier alpha value is -1.81. The van der Waals surface area contributed by atoms with Gasteiger partial charge in [-0.15, -0.1) is 0 Å². The summed E-state index contributed by atoms with van der Waals surface area (Å²) in [4.78, 5) is 11.7. The zero-order valence-corrected chi connectivity index (χ0v) is 10.3. The molecule has 0 amide bonds. The third-order valence-corrected chi connectivity index (χ3v) is 4.04. The molecule has 1 aromatic carbocycles. The Labute approximate surface area is 105 Å². The van der Waals surface area contributed by atoms with Gasteiger partial charge < -0.3 is 15.4 Å². The maximum absolute atomic E-state index is 11.7. The lowest BCUT2D eigenvalue weighted by molar-refractivity contribution is -0.148. The van der Waals surface area contributed by atoms with Gasteiger partial charge in [-0.1, -0.05) is 18.2 Å². The van der Waals surface area contributed by atoms with Gasteiger partial charge in [0, 0.05) is 19.3 Å². The van der Waals surface area contributed by atoms with Crippen molar-refractivity contribution < 1.29 is 9.90 Å². The smallest absolute Gasteiger partial charge is 0.314 e. The fraction of sp³-hybridized carbons (Fsp3) is 0.357.